The van der Waals surface area contributed by atoms with E-state index in [1.165, 1.54) is 6.42 Å². The summed E-state index contributed by atoms with van der Waals surface area (Å²) >= 11 is 0. The highest BCUT2D eigenvalue weighted by atomic mass is 15.1. The summed E-state index contributed by atoms with van der Waals surface area (Å²) in [5.74, 6) is 0. The summed E-state index contributed by atoms with van der Waals surface area (Å²) in [4.78, 5) is 4.65. The molecule has 0 heterocycles. The Morgan fingerprint density at radius 2 is 1.75 bits per heavy atom. The number of hydrogen-bond donors (Lipinski definition) is 0. The van der Waals surface area contributed by atoms with Crippen LogP contribution < -0.4 is 0 Å². The Bertz CT molecular complexity index is 216. The zero-order valence-corrected chi connectivity index (χ0v) is 11.6. The van der Waals surface area contributed by atoms with Crippen LogP contribution in [0.15, 0.2) is 0 Å². The molecule has 0 saturated carbocycles. The molecule has 0 rings (SSSR count). The van der Waals surface area contributed by atoms with E-state index in [0.717, 1.165) is 32.6 Å². The molecule has 0 aromatic rings. The van der Waals surface area contributed by atoms with Crippen molar-refractivity contribution in [2.24, 2.45) is 5.41 Å². The van der Waals surface area contributed by atoms with Crippen molar-refractivity contribution in [3.05, 3.63) is 0 Å². The van der Waals surface area contributed by atoms with Crippen LogP contribution in [0.1, 0.15) is 33.6 Å². The zero-order chi connectivity index (χ0) is 12.6. The first-order valence-electron chi connectivity index (χ1n) is 6.19. The minimum absolute atomic E-state index is 0.186. The van der Waals surface area contributed by atoms with Gasteiger partial charge < -0.3 is 9.80 Å². The van der Waals surface area contributed by atoms with E-state index in [-0.39, 0.29) is 5.41 Å². The zero-order valence-electron chi connectivity index (χ0n) is 11.6. The first-order valence-corrected chi connectivity index (χ1v) is 6.19. The van der Waals surface area contributed by atoms with E-state index in [0.29, 0.717) is 0 Å². The minimum Gasteiger partial charge on any atom is -0.309 e. The number of hydrogen-bond acceptors (Lipinski definition) is 3. The molecule has 3 nitrogen and oxygen atoms in total. The lowest BCUT2D eigenvalue weighted by Crippen LogP contribution is -2.30. The highest BCUT2D eigenvalue weighted by Gasteiger charge is 2.17. The van der Waals surface area contributed by atoms with E-state index in [2.05, 4.69) is 36.9 Å². The van der Waals surface area contributed by atoms with Crippen LogP contribution >= 0.6 is 0 Å². The molecule has 3 heteroatoms. The van der Waals surface area contributed by atoms with E-state index < -0.39 is 0 Å². The third kappa shape index (κ3) is 7.67. The maximum atomic E-state index is 8.95. The molecule has 0 aromatic heterocycles. The minimum atomic E-state index is -0.186. The largest absolute Gasteiger partial charge is 0.309 e. The van der Waals surface area contributed by atoms with E-state index in [9.17, 15) is 0 Å². The van der Waals surface area contributed by atoms with Crippen LogP contribution in [0.4, 0.5) is 0 Å². The highest BCUT2D eigenvalue weighted by molar-refractivity contribution is 4.91. The Hall–Kier alpha value is -0.590. The van der Waals surface area contributed by atoms with Crippen LogP contribution in [0.25, 0.3) is 0 Å². The summed E-state index contributed by atoms with van der Waals surface area (Å²) in [6, 6.07) is 2.36. The van der Waals surface area contributed by atoms with Gasteiger partial charge in [0, 0.05) is 0 Å². The van der Waals surface area contributed by atoms with Crippen LogP contribution in [0.3, 0.4) is 0 Å². The van der Waals surface area contributed by atoms with Crippen molar-refractivity contribution >= 4 is 0 Å². The SMILES string of the molecule is CCN(CCCN(C)C)CCC(C)(C)C#N. The lowest BCUT2D eigenvalue weighted by Gasteiger charge is -2.24. The quantitative estimate of drug-likeness (QED) is 0.634. The molecule has 0 saturated heterocycles. The average Bonchev–Trinajstić information content (AvgIpc) is 2.22. The fourth-order valence-corrected chi connectivity index (χ4v) is 1.53. The summed E-state index contributed by atoms with van der Waals surface area (Å²) < 4.78 is 0. The van der Waals surface area contributed by atoms with Gasteiger partial charge in [0.2, 0.25) is 0 Å². The van der Waals surface area contributed by atoms with Crippen molar-refractivity contribution in [3.63, 3.8) is 0 Å². The summed E-state index contributed by atoms with van der Waals surface area (Å²) in [6.45, 7) is 10.6. The van der Waals surface area contributed by atoms with E-state index >= 15 is 0 Å². The van der Waals surface area contributed by atoms with Crippen molar-refractivity contribution in [2.75, 3.05) is 40.3 Å². The maximum Gasteiger partial charge on any atom is 0.0684 e. The first-order chi connectivity index (χ1) is 7.41. The van der Waals surface area contributed by atoms with Crippen LogP contribution in [-0.2, 0) is 0 Å². The Balaban J connectivity index is 3.80. The lowest BCUT2D eigenvalue weighted by atomic mass is 9.91. The predicted molar refractivity (Wildman–Crippen MR) is 69.3 cm³/mol. The fraction of sp³-hybridized carbons (Fsp3) is 0.923. The Kier molecular flexibility index (Phi) is 7.36. The van der Waals surface area contributed by atoms with Gasteiger partial charge in [-0.3, -0.25) is 0 Å². The Morgan fingerprint density at radius 3 is 2.19 bits per heavy atom. The first kappa shape index (κ1) is 15.4. The van der Waals surface area contributed by atoms with Crippen molar-refractivity contribution < 1.29 is 0 Å². The van der Waals surface area contributed by atoms with E-state index in [4.69, 9.17) is 5.26 Å². The molecule has 0 aromatic carbocycles. The van der Waals surface area contributed by atoms with Gasteiger partial charge >= 0.3 is 0 Å². The topological polar surface area (TPSA) is 30.3 Å². The molecular weight excluding hydrogens is 198 g/mol. The molecule has 16 heavy (non-hydrogen) atoms. The Morgan fingerprint density at radius 1 is 1.12 bits per heavy atom. The molecule has 0 radical (unpaired) electrons. The standard InChI is InChI=1S/C13H27N3/c1-6-16(10-7-9-15(4)5)11-8-13(2,3)12-14/h6-11H2,1-5H3. The molecule has 0 bridgehead atoms. The molecule has 0 aliphatic heterocycles. The summed E-state index contributed by atoms with van der Waals surface area (Å²) in [5, 5.41) is 8.95. The number of nitriles is 1. The summed E-state index contributed by atoms with van der Waals surface area (Å²) in [7, 11) is 4.21. The molecule has 0 aliphatic rings. The van der Waals surface area contributed by atoms with Crippen molar-refractivity contribution in [3.8, 4) is 6.07 Å². The summed E-state index contributed by atoms with van der Waals surface area (Å²) in [5.41, 5.74) is -0.186. The van der Waals surface area contributed by atoms with Gasteiger partial charge in [-0.05, 0) is 67.0 Å². The van der Waals surface area contributed by atoms with Crippen LogP contribution in [0.5, 0.6) is 0 Å². The van der Waals surface area contributed by atoms with E-state index in [1.807, 2.05) is 13.8 Å². The van der Waals surface area contributed by atoms with Crippen molar-refractivity contribution in [2.45, 2.75) is 33.6 Å². The molecular formula is C13H27N3. The fourth-order valence-electron chi connectivity index (χ4n) is 1.53. The molecule has 0 amide bonds. The molecule has 0 spiro atoms. The number of nitrogens with zero attached hydrogens (tertiary/aromatic N) is 3. The normalized spacial score (nSPS) is 12.1. The van der Waals surface area contributed by atoms with Gasteiger partial charge in [-0.15, -0.1) is 0 Å². The molecule has 0 N–H and O–H groups in total. The summed E-state index contributed by atoms with van der Waals surface area (Å²) in [6.07, 6.45) is 2.16. The molecule has 0 unspecified atom stereocenters. The van der Waals surface area contributed by atoms with Crippen molar-refractivity contribution in [1.29, 1.82) is 5.26 Å². The molecule has 0 atom stereocenters. The monoisotopic (exact) mass is 225 g/mol. The van der Waals surface area contributed by atoms with E-state index in [1.54, 1.807) is 0 Å². The average molecular weight is 225 g/mol. The molecule has 0 aliphatic carbocycles. The second kappa shape index (κ2) is 7.65. The third-order valence-electron chi connectivity index (χ3n) is 2.88. The molecule has 94 valence electrons. The number of rotatable bonds is 8. The van der Waals surface area contributed by atoms with Gasteiger partial charge in [0.25, 0.3) is 0 Å². The second-order valence-electron chi connectivity index (χ2n) is 5.34. The van der Waals surface area contributed by atoms with Gasteiger partial charge in [0.15, 0.2) is 0 Å². The van der Waals surface area contributed by atoms with Gasteiger partial charge in [-0.25, -0.2) is 0 Å². The Labute approximate surface area is 101 Å². The van der Waals surface area contributed by atoms with Gasteiger partial charge in [-0.2, -0.15) is 5.26 Å². The predicted octanol–water partition coefficient (Wildman–Crippen LogP) is 2.20. The highest BCUT2D eigenvalue weighted by Crippen LogP contribution is 2.18. The maximum absolute atomic E-state index is 8.95. The van der Waals surface area contributed by atoms with Crippen LogP contribution in [0.2, 0.25) is 0 Å². The molecule has 0 fully saturated rings. The second-order valence-corrected chi connectivity index (χ2v) is 5.34. The smallest absolute Gasteiger partial charge is 0.0684 e. The van der Waals surface area contributed by atoms with Gasteiger partial charge in [0.1, 0.15) is 0 Å². The lowest BCUT2D eigenvalue weighted by molar-refractivity contribution is 0.239. The third-order valence-corrected chi connectivity index (χ3v) is 2.88. The van der Waals surface area contributed by atoms with Gasteiger partial charge in [0.05, 0.1) is 11.5 Å². The van der Waals surface area contributed by atoms with Crippen molar-refractivity contribution in [1.82, 2.24) is 9.80 Å². The van der Waals surface area contributed by atoms with Crippen LogP contribution in [-0.4, -0.2) is 50.1 Å². The van der Waals surface area contributed by atoms with Gasteiger partial charge in [-0.1, -0.05) is 6.92 Å². The van der Waals surface area contributed by atoms with Crippen LogP contribution in [0, 0.1) is 16.7 Å².